The molecule has 2 rings (SSSR count). The maximum absolute atomic E-state index is 3.71. The summed E-state index contributed by atoms with van der Waals surface area (Å²) in [4.78, 5) is 2.62. The molecule has 0 bridgehead atoms. The Kier molecular flexibility index (Phi) is 5.90. The normalized spacial score (nSPS) is 24.2. The van der Waals surface area contributed by atoms with Crippen molar-refractivity contribution in [2.75, 3.05) is 24.5 Å². The molecule has 2 heteroatoms. The van der Waals surface area contributed by atoms with Crippen LogP contribution in [-0.4, -0.2) is 25.7 Å². The number of hydrogen-bond donors (Lipinski definition) is 1. The van der Waals surface area contributed by atoms with Crippen molar-refractivity contribution in [1.29, 1.82) is 0 Å². The predicted molar refractivity (Wildman–Crippen MR) is 88.5 cm³/mol. The fraction of sp³-hybridized carbons (Fsp3) is 0.667. The lowest BCUT2D eigenvalue weighted by atomic mass is 10.0. The van der Waals surface area contributed by atoms with Gasteiger partial charge in [0, 0.05) is 24.8 Å². The first-order valence-electron chi connectivity index (χ1n) is 8.30. The fourth-order valence-electron chi connectivity index (χ4n) is 3.18. The van der Waals surface area contributed by atoms with Crippen LogP contribution in [0.5, 0.6) is 0 Å². The average Bonchev–Trinajstić information content (AvgIpc) is 2.45. The summed E-state index contributed by atoms with van der Waals surface area (Å²) in [6, 6.07) is 9.66. The van der Waals surface area contributed by atoms with Crippen molar-refractivity contribution in [2.45, 2.75) is 52.5 Å². The Morgan fingerprint density at radius 1 is 1.25 bits per heavy atom. The molecule has 2 unspecified atom stereocenters. The molecular weight excluding hydrogens is 244 g/mol. The lowest BCUT2D eigenvalue weighted by molar-refractivity contribution is 0.387. The molecule has 0 radical (unpaired) electrons. The molecule has 2 atom stereocenters. The summed E-state index contributed by atoms with van der Waals surface area (Å²) >= 11 is 0. The molecule has 0 spiro atoms. The zero-order valence-electron chi connectivity index (χ0n) is 13.4. The van der Waals surface area contributed by atoms with E-state index >= 15 is 0 Å². The van der Waals surface area contributed by atoms with Crippen LogP contribution in [0.3, 0.4) is 0 Å². The minimum absolute atomic E-state index is 0.679. The second kappa shape index (κ2) is 7.68. The van der Waals surface area contributed by atoms with Crippen LogP contribution in [0.2, 0.25) is 0 Å². The highest BCUT2D eigenvalue weighted by Gasteiger charge is 2.19. The minimum Gasteiger partial charge on any atom is -0.371 e. The van der Waals surface area contributed by atoms with Gasteiger partial charge in [-0.2, -0.15) is 0 Å². The number of nitrogens with zero attached hydrogens (tertiary/aromatic N) is 1. The first kappa shape index (κ1) is 15.4. The Hall–Kier alpha value is -1.02. The second-order valence-corrected chi connectivity index (χ2v) is 6.23. The van der Waals surface area contributed by atoms with Gasteiger partial charge in [0.25, 0.3) is 0 Å². The van der Waals surface area contributed by atoms with E-state index < -0.39 is 0 Å². The van der Waals surface area contributed by atoms with E-state index in [4.69, 9.17) is 0 Å². The molecule has 1 heterocycles. The molecule has 2 nitrogen and oxygen atoms in total. The van der Waals surface area contributed by atoms with E-state index in [1.807, 2.05) is 0 Å². The van der Waals surface area contributed by atoms with Crippen LogP contribution in [0.25, 0.3) is 0 Å². The Labute approximate surface area is 124 Å². The van der Waals surface area contributed by atoms with Gasteiger partial charge in [-0.3, -0.25) is 0 Å². The van der Waals surface area contributed by atoms with Crippen molar-refractivity contribution in [3.05, 3.63) is 29.8 Å². The highest BCUT2D eigenvalue weighted by molar-refractivity contribution is 5.53. The molecule has 1 saturated heterocycles. The van der Waals surface area contributed by atoms with Crippen LogP contribution in [0.4, 0.5) is 5.69 Å². The van der Waals surface area contributed by atoms with E-state index in [0.29, 0.717) is 12.0 Å². The van der Waals surface area contributed by atoms with Crippen molar-refractivity contribution in [1.82, 2.24) is 5.32 Å². The molecule has 20 heavy (non-hydrogen) atoms. The summed E-state index contributed by atoms with van der Waals surface area (Å²) in [6.45, 7) is 10.4. The lowest BCUT2D eigenvalue weighted by Gasteiger charge is -2.34. The van der Waals surface area contributed by atoms with Gasteiger partial charge in [0.2, 0.25) is 0 Å². The van der Waals surface area contributed by atoms with Gasteiger partial charge in [-0.1, -0.05) is 45.4 Å². The number of hydrogen-bond acceptors (Lipinski definition) is 2. The third-order valence-corrected chi connectivity index (χ3v) is 4.38. The zero-order chi connectivity index (χ0) is 14.4. The molecule has 1 aromatic rings. The van der Waals surface area contributed by atoms with E-state index in [2.05, 4.69) is 55.3 Å². The van der Waals surface area contributed by atoms with Crippen molar-refractivity contribution >= 4 is 5.69 Å². The lowest BCUT2D eigenvalue weighted by Crippen LogP contribution is -2.43. The summed E-state index contributed by atoms with van der Waals surface area (Å²) in [5.74, 6) is 0.707. The highest BCUT2D eigenvalue weighted by atomic mass is 15.1. The minimum atomic E-state index is 0.679. The summed E-state index contributed by atoms with van der Waals surface area (Å²) in [6.07, 6.45) is 4.90. The molecule has 1 aromatic carbocycles. The van der Waals surface area contributed by atoms with E-state index in [1.54, 1.807) is 0 Å². The molecule has 112 valence electrons. The fourth-order valence-corrected chi connectivity index (χ4v) is 3.18. The number of anilines is 1. The van der Waals surface area contributed by atoms with Crippen molar-refractivity contribution < 1.29 is 0 Å². The average molecular weight is 274 g/mol. The predicted octanol–water partition coefficient (Wildman–Crippen LogP) is 3.85. The van der Waals surface area contributed by atoms with Gasteiger partial charge in [0.15, 0.2) is 0 Å². The monoisotopic (exact) mass is 274 g/mol. The van der Waals surface area contributed by atoms with E-state index in [0.717, 1.165) is 6.54 Å². The standard InChI is InChI=1S/C18H30N2/c1-4-8-16-9-6-7-10-18(16)20-12-11-17(5-2)19-13-15(3)14-20/h6-7,9-10,15,17,19H,4-5,8,11-14H2,1-3H3. The third kappa shape index (κ3) is 3.99. The van der Waals surface area contributed by atoms with E-state index in [9.17, 15) is 0 Å². The number of aryl methyl sites for hydroxylation is 1. The van der Waals surface area contributed by atoms with E-state index in [1.165, 1.54) is 50.0 Å². The van der Waals surface area contributed by atoms with Crippen LogP contribution in [0, 0.1) is 5.92 Å². The summed E-state index contributed by atoms with van der Waals surface area (Å²) in [7, 11) is 0. The largest absolute Gasteiger partial charge is 0.371 e. The topological polar surface area (TPSA) is 15.3 Å². The summed E-state index contributed by atoms with van der Waals surface area (Å²) in [5, 5.41) is 3.71. The molecule has 0 saturated carbocycles. The van der Waals surface area contributed by atoms with Gasteiger partial charge < -0.3 is 10.2 Å². The quantitative estimate of drug-likeness (QED) is 0.897. The molecule has 1 aliphatic heterocycles. The van der Waals surface area contributed by atoms with Gasteiger partial charge in [0.05, 0.1) is 0 Å². The zero-order valence-corrected chi connectivity index (χ0v) is 13.4. The number of benzene rings is 1. The van der Waals surface area contributed by atoms with Crippen molar-refractivity contribution in [2.24, 2.45) is 5.92 Å². The summed E-state index contributed by atoms with van der Waals surface area (Å²) in [5.41, 5.74) is 2.99. The smallest absolute Gasteiger partial charge is 0.0398 e. The molecule has 0 aromatic heterocycles. The van der Waals surface area contributed by atoms with Gasteiger partial charge in [-0.25, -0.2) is 0 Å². The Balaban J connectivity index is 2.16. The van der Waals surface area contributed by atoms with Crippen LogP contribution < -0.4 is 10.2 Å². The maximum atomic E-state index is 3.71. The first-order chi connectivity index (χ1) is 9.74. The van der Waals surface area contributed by atoms with E-state index in [-0.39, 0.29) is 0 Å². The van der Waals surface area contributed by atoms with Crippen LogP contribution in [0.15, 0.2) is 24.3 Å². The van der Waals surface area contributed by atoms with Gasteiger partial charge >= 0.3 is 0 Å². The van der Waals surface area contributed by atoms with Crippen molar-refractivity contribution in [3.63, 3.8) is 0 Å². The van der Waals surface area contributed by atoms with Crippen molar-refractivity contribution in [3.8, 4) is 0 Å². The first-order valence-corrected chi connectivity index (χ1v) is 8.30. The van der Waals surface area contributed by atoms with Gasteiger partial charge in [-0.15, -0.1) is 0 Å². The van der Waals surface area contributed by atoms with Crippen LogP contribution >= 0.6 is 0 Å². The molecule has 0 amide bonds. The molecule has 1 aliphatic rings. The van der Waals surface area contributed by atoms with Gasteiger partial charge in [-0.05, 0) is 43.4 Å². The van der Waals surface area contributed by atoms with Crippen LogP contribution in [-0.2, 0) is 6.42 Å². The number of rotatable bonds is 4. The molecule has 0 aliphatic carbocycles. The highest BCUT2D eigenvalue weighted by Crippen LogP contribution is 2.24. The molecular formula is C18H30N2. The van der Waals surface area contributed by atoms with Crippen LogP contribution in [0.1, 0.15) is 45.6 Å². The summed E-state index contributed by atoms with van der Waals surface area (Å²) < 4.78 is 0. The SMILES string of the molecule is CCCc1ccccc1N1CCC(CC)NCC(C)C1. The Bertz CT molecular complexity index is 402. The second-order valence-electron chi connectivity index (χ2n) is 6.23. The van der Waals surface area contributed by atoms with Gasteiger partial charge in [0.1, 0.15) is 0 Å². The molecule has 1 N–H and O–H groups in total. The number of para-hydroxylation sites is 1. The molecule has 1 fully saturated rings. The maximum Gasteiger partial charge on any atom is 0.0398 e. The third-order valence-electron chi connectivity index (χ3n) is 4.38. The number of nitrogens with one attached hydrogen (secondary N) is 1. The Morgan fingerprint density at radius 3 is 2.80 bits per heavy atom. The Morgan fingerprint density at radius 2 is 2.05 bits per heavy atom.